The molecule has 1 aromatic carbocycles. The zero-order chi connectivity index (χ0) is 17.0. The number of hydrogen-bond donors (Lipinski definition) is 1. The molecule has 0 saturated heterocycles. The molecule has 1 aliphatic carbocycles. The Balaban J connectivity index is 1.66. The van der Waals surface area contributed by atoms with Gasteiger partial charge in [-0.2, -0.15) is 0 Å². The largest absolute Gasteiger partial charge is 0.364 e. The van der Waals surface area contributed by atoms with Crippen LogP contribution in [0, 0.1) is 0 Å². The lowest BCUT2D eigenvalue weighted by Gasteiger charge is -2.43. The lowest BCUT2D eigenvalue weighted by molar-refractivity contribution is 0.241. The molecule has 24 heavy (non-hydrogen) atoms. The van der Waals surface area contributed by atoms with Crippen LogP contribution in [0.3, 0.4) is 0 Å². The van der Waals surface area contributed by atoms with Crippen LogP contribution in [-0.4, -0.2) is 36.7 Å². The lowest BCUT2D eigenvalue weighted by Crippen LogP contribution is -2.49. The Labute approximate surface area is 151 Å². The van der Waals surface area contributed by atoms with Gasteiger partial charge >= 0.3 is 0 Å². The van der Waals surface area contributed by atoms with E-state index in [1.165, 1.54) is 24.8 Å². The Morgan fingerprint density at radius 1 is 1.42 bits per heavy atom. The van der Waals surface area contributed by atoms with Gasteiger partial charge in [0.2, 0.25) is 0 Å². The van der Waals surface area contributed by atoms with E-state index in [0.717, 1.165) is 22.7 Å². The molecule has 128 valence electrons. The van der Waals surface area contributed by atoms with Crippen molar-refractivity contribution in [3.05, 3.63) is 52.3 Å². The molecule has 0 spiro atoms. The fraction of sp³-hybridized carbons (Fsp3) is 0.444. The SMILES string of the molecule is CN=C(NCC1(c2cccc(Br)c2)CCC1)N(C)Cc1ccon1. The number of aliphatic imine (C=N–C) groups is 1. The first-order valence-corrected chi connectivity index (χ1v) is 8.99. The van der Waals surface area contributed by atoms with Gasteiger partial charge in [0.05, 0.1) is 6.54 Å². The molecule has 0 aliphatic heterocycles. The summed E-state index contributed by atoms with van der Waals surface area (Å²) in [5, 5.41) is 7.51. The van der Waals surface area contributed by atoms with Gasteiger partial charge in [-0.1, -0.05) is 39.6 Å². The van der Waals surface area contributed by atoms with Gasteiger partial charge in [0.15, 0.2) is 5.96 Å². The number of benzene rings is 1. The molecule has 2 aromatic rings. The molecule has 3 rings (SSSR count). The van der Waals surface area contributed by atoms with Crippen LogP contribution < -0.4 is 5.32 Å². The van der Waals surface area contributed by atoms with Crippen molar-refractivity contribution < 1.29 is 4.52 Å². The molecule has 0 amide bonds. The summed E-state index contributed by atoms with van der Waals surface area (Å²) in [7, 11) is 3.82. The summed E-state index contributed by atoms with van der Waals surface area (Å²) < 4.78 is 6.03. The molecule has 1 heterocycles. The molecular weight excluding hydrogens is 368 g/mol. The second-order valence-electron chi connectivity index (χ2n) is 6.39. The van der Waals surface area contributed by atoms with Gasteiger partial charge < -0.3 is 14.7 Å². The molecule has 0 radical (unpaired) electrons. The smallest absolute Gasteiger partial charge is 0.193 e. The summed E-state index contributed by atoms with van der Waals surface area (Å²) in [4.78, 5) is 6.47. The molecule has 1 saturated carbocycles. The van der Waals surface area contributed by atoms with Gasteiger partial charge in [0.25, 0.3) is 0 Å². The second kappa shape index (κ2) is 7.38. The molecule has 0 atom stereocenters. The minimum atomic E-state index is 0.203. The van der Waals surface area contributed by atoms with Crippen molar-refractivity contribution in [3.63, 3.8) is 0 Å². The van der Waals surface area contributed by atoms with Crippen molar-refractivity contribution in [1.82, 2.24) is 15.4 Å². The van der Waals surface area contributed by atoms with Crippen LogP contribution in [0.2, 0.25) is 0 Å². The van der Waals surface area contributed by atoms with Crippen LogP contribution in [0.25, 0.3) is 0 Å². The van der Waals surface area contributed by atoms with E-state index in [1.807, 2.05) is 20.2 Å². The molecular formula is C18H23BrN4O. The zero-order valence-electron chi connectivity index (χ0n) is 14.1. The number of rotatable bonds is 5. The van der Waals surface area contributed by atoms with Crippen LogP contribution in [-0.2, 0) is 12.0 Å². The van der Waals surface area contributed by atoms with Crippen LogP contribution >= 0.6 is 15.9 Å². The predicted molar refractivity (Wildman–Crippen MR) is 99.0 cm³/mol. The molecule has 5 nitrogen and oxygen atoms in total. The van der Waals surface area contributed by atoms with Gasteiger partial charge in [-0.15, -0.1) is 0 Å². The van der Waals surface area contributed by atoms with E-state index < -0.39 is 0 Å². The normalized spacial score (nSPS) is 16.5. The van der Waals surface area contributed by atoms with Crippen LogP contribution in [0.15, 0.2) is 50.6 Å². The zero-order valence-corrected chi connectivity index (χ0v) is 15.7. The summed E-state index contributed by atoms with van der Waals surface area (Å²) in [5.74, 6) is 0.874. The topological polar surface area (TPSA) is 53.7 Å². The molecule has 0 bridgehead atoms. The Hall–Kier alpha value is -1.82. The summed E-state index contributed by atoms with van der Waals surface area (Å²) in [6.45, 7) is 1.55. The third-order valence-electron chi connectivity index (χ3n) is 4.80. The third-order valence-corrected chi connectivity index (χ3v) is 5.29. The standard InChI is InChI=1S/C18H23BrN4O/c1-20-17(23(2)12-16-7-10-24-22-16)21-13-18(8-4-9-18)14-5-3-6-15(19)11-14/h3,5-7,10-11H,4,8-9,12-13H2,1-2H3,(H,20,21). The fourth-order valence-electron chi connectivity index (χ4n) is 3.26. The monoisotopic (exact) mass is 390 g/mol. The molecule has 1 fully saturated rings. The maximum Gasteiger partial charge on any atom is 0.193 e. The highest BCUT2D eigenvalue weighted by molar-refractivity contribution is 9.10. The van der Waals surface area contributed by atoms with Crippen molar-refractivity contribution >= 4 is 21.9 Å². The van der Waals surface area contributed by atoms with Gasteiger partial charge in [0, 0.05) is 36.6 Å². The maximum absolute atomic E-state index is 4.90. The predicted octanol–water partition coefficient (Wildman–Crippen LogP) is 3.57. The maximum atomic E-state index is 4.90. The van der Waals surface area contributed by atoms with Gasteiger partial charge in [-0.3, -0.25) is 4.99 Å². The fourth-order valence-corrected chi connectivity index (χ4v) is 3.66. The van der Waals surface area contributed by atoms with Crippen LogP contribution in [0.5, 0.6) is 0 Å². The van der Waals surface area contributed by atoms with Crippen molar-refractivity contribution in [3.8, 4) is 0 Å². The first kappa shape index (κ1) is 17.0. The first-order chi connectivity index (χ1) is 11.6. The Kier molecular flexibility index (Phi) is 5.23. The number of hydrogen-bond acceptors (Lipinski definition) is 3. The van der Waals surface area contributed by atoms with E-state index in [9.17, 15) is 0 Å². The van der Waals surface area contributed by atoms with Crippen LogP contribution in [0.4, 0.5) is 0 Å². The highest BCUT2D eigenvalue weighted by Crippen LogP contribution is 2.43. The van der Waals surface area contributed by atoms with Crippen molar-refractivity contribution in [1.29, 1.82) is 0 Å². The van der Waals surface area contributed by atoms with Crippen molar-refractivity contribution in [2.45, 2.75) is 31.2 Å². The number of nitrogens with one attached hydrogen (secondary N) is 1. The summed E-state index contributed by atoms with van der Waals surface area (Å²) in [6.07, 6.45) is 5.29. The van der Waals surface area contributed by atoms with Crippen LogP contribution in [0.1, 0.15) is 30.5 Å². The minimum absolute atomic E-state index is 0.203. The quantitative estimate of drug-likeness (QED) is 0.626. The Morgan fingerprint density at radius 2 is 2.25 bits per heavy atom. The minimum Gasteiger partial charge on any atom is -0.364 e. The summed E-state index contributed by atoms with van der Waals surface area (Å²) in [6, 6.07) is 10.5. The Bertz CT molecular complexity index is 695. The van der Waals surface area contributed by atoms with E-state index in [1.54, 1.807) is 6.26 Å². The average Bonchev–Trinajstić information content (AvgIpc) is 3.03. The number of aromatic nitrogens is 1. The van der Waals surface area contributed by atoms with E-state index in [0.29, 0.717) is 6.54 Å². The average molecular weight is 391 g/mol. The van der Waals surface area contributed by atoms with E-state index in [-0.39, 0.29) is 5.41 Å². The third kappa shape index (κ3) is 3.64. The summed E-state index contributed by atoms with van der Waals surface area (Å²) in [5.41, 5.74) is 2.49. The molecule has 1 aromatic heterocycles. The van der Waals surface area contributed by atoms with Crippen molar-refractivity contribution in [2.24, 2.45) is 4.99 Å². The highest BCUT2D eigenvalue weighted by atomic mass is 79.9. The number of guanidine groups is 1. The second-order valence-corrected chi connectivity index (χ2v) is 7.31. The van der Waals surface area contributed by atoms with E-state index >= 15 is 0 Å². The van der Waals surface area contributed by atoms with Gasteiger partial charge in [-0.25, -0.2) is 0 Å². The molecule has 6 heteroatoms. The Morgan fingerprint density at radius 3 is 2.83 bits per heavy atom. The van der Waals surface area contributed by atoms with E-state index in [4.69, 9.17) is 4.52 Å². The number of halogens is 1. The first-order valence-electron chi connectivity index (χ1n) is 8.20. The van der Waals surface area contributed by atoms with E-state index in [2.05, 4.69) is 60.6 Å². The number of nitrogens with zero attached hydrogens (tertiary/aromatic N) is 3. The molecule has 0 unspecified atom stereocenters. The molecule has 1 aliphatic rings. The molecule has 1 N–H and O–H groups in total. The summed E-state index contributed by atoms with van der Waals surface area (Å²) >= 11 is 3.59. The highest BCUT2D eigenvalue weighted by Gasteiger charge is 2.38. The lowest BCUT2D eigenvalue weighted by atomic mass is 9.64. The van der Waals surface area contributed by atoms with Gasteiger partial charge in [-0.05, 0) is 30.5 Å². The van der Waals surface area contributed by atoms with Gasteiger partial charge in [0.1, 0.15) is 12.0 Å². The van der Waals surface area contributed by atoms with Crippen molar-refractivity contribution in [2.75, 3.05) is 20.6 Å².